The van der Waals surface area contributed by atoms with Crippen LogP contribution in [0.4, 0.5) is 0 Å². The number of aliphatic hydroxyl groups is 1. The average molecular weight is 626 g/mol. The molecule has 0 bridgehead atoms. The van der Waals surface area contributed by atoms with Crippen molar-refractivity contribution in [1.29, 1.82) is 0 Å². The molecule has 0 spiro atoms. The standard InChI is InChI=1S/C25H33N5O10P2/c1-19(24(33)37-2)27-41(35,40-22-6-4-3-5-7-22)38-17-10-21(31)8-11-28-18-20(23(32)26-25(28)34)9-16-39-42(36,29-12-13-29)30-14-15-30/h3-7,18-19,21,31H,8,10-15,17H2,1-2H3,(H,27,35)(H,26,32,34)/t19-,21-,41?/m0/s1. The summed E-state index contributed by atoms with van der Waals surface area (Å²) in [6, 6.07) is 7.22. The van der Waals surface area contributed by atoms with E-state index in [-0.39, 0.29) is 37.3 Å². The number of aromatic nitrogens is 2. The second-order valence-corrected chi connectivity index (χ2v) is 13.5. The van der Waals surface area contributed by atoms with E-state index in [0.717, 1.165) is 0 Å². The van der Waals surface area contributed by atoms with Crippen molar-refractivity contribution >= 4 is 21.4 Å². The van der Waals surface area contributed by atoms with Crippen LogP contribution in [0, 0.1) is 12.0 Å². The molecular weight excluding hydrogens is 592 g/mol. The molecule has 2 aliphatic rings. The maximum atomic E-state index is 13.3. The Kier molecular flexibility index (Phi) is 10.5. The first kappa shape index (κ1) is 31.7. The molecule has 2 saturated heterocycles. The van der Waals surface area contributed by atoms with Gasteiger partial charge in [-0.05, 0) is 37.8 Å². The van der Waals surface area contributed by atoms with Gasteiger partial charge in [-0.2, -0.15) is 5.09 Å². The Hall–Kier alpha value is -3.21. The van der Waals surface area contributed by atoms with Crippen molar-refractivity contribution in [2.75, 3.05) is 39.9 Å². The van der Waals surface area contributed by atoms with Gasteiger partial charge in [-0.15, -0.1) is 0 Å². The molecule has 42 heavy (non-hydrogen) atoms. The number of rotatable bonds is 15. The predicted molar refractivity (Wildman–Crippen MR) is 151 cm³/mol. The molecule has 2 aliphatic heterocycles. The number of H-pyrrole nitrogens is 1. The normalized spacial score (nSPS) is 17.7. The Bertz CT molecular complexity index is 1510. The van der Waals surface area contributed by atoms with Crippen LogP contribution >= 0.6 is 15.4 Å². The first-order valence-electron chi connectivity index (χ1n) is 13.2. The second kappa shape index (κ2) is 13.8. The third-order valence-electron chi connectivity index (χ3n) is 6.21. The zero-order valence-corrected chi connectivity index (χ0v) is 24.9. The fourth-order valence-electron chi connectivity index (χ4n) is 3.71. The van der Waals surface area contributed by atoms with E-state index in [1.165, 1.54) is 24.8 Å². The summed E-state index contributed by atoms with van der Waals surface area (Å²) in [5.41, 5.74) is -1.49. The van der Waals surface area contributed by atoms with E-state index < -0.39 is 44.8 Å². The summed E-state index contributed by atoms with van der Waals surface area (Å²) in [7, 11) is -6.05. The fraction of sp³-hybridized carbons (Fsp3) is 0.480. The first-order chi connectivity index (χ1) is 20.0. The van der Waals surface area contributed by atoms with Gasteiger partial charge in [0.1, 0.15) is 23.5 Å². The van der Waals surface area contributed by atoms with Gasteiger partial charge in [0, 0.05) is 38.9 Å². The quantitative estimate of drug-likeness (QED) is 0.111. The van der Waals surface area contributed by atoms with Crippen LogP contribution in [0.5, 0.6) is 5.75 Å². The van der Waals surface area contributed by atoms with Gasteiger partial charge in [0.05, 0.1) is 19.8 Å². The molecule has 2 aromatic rings. The highest BCUT2D eigenvalue weighted by Gasteiger charge is 2.50. The summed E-state index contributed by atoms with van der Waals surface area (Å²) in [5, 5.41) is 13.0. The van der Waals surface area contributed by atoms with E-state index in [2.05, 4.69) is 26.8 Å². The zero-order valence-electron chi connectivity index (χ0n) is 23.1. The van der Waals surface area contributed by atoms with Crippen LogP contribution in [-0.4, -0.2) is 82.0 Å². The van der Waals surface area contributed by atoms with Crippen molar-refractivity contribution in [3.8, 4) is 17.8 Å². The number of para-hydroxylation sites is 1. The molecule has 17 heteroatoms. The number of carbonyl (C=O) groups is 1. The summed E-state index contributed by atoms with van der Waals surface area (Å²) < 4.78 is 51.8. The number of nitrogens with one attached hydrogen (secondary N) is 2. The SMILES string of the molecule is COC(=O)[C@H](C)NP(=O)(OCC[C@@H](O)CCn1cc(C#COP(=O)(N2CC2)N2CC2)c(=O)[nH]c1=O)Oc1ccccc1. The van der Waals surface area contributed by atoms with Crippen LogP contribution in [0.2, 0.25) is 0 Å². The third-order valence-corrected chi connectivity index (χ3v) is 10.5. The Morgan fingerprint density at radius 3 is 2.40 bits per heavy atom. The lowest BCUT2D eigenvalue weighted by Gasteiger charge is -2.23. The minimum Gasteiger partial charge on any atom is -0.468 e. The minimum atomic E-state index is -4.06. The molecule has 2 fully saturated rings. The van der Waals surface area contributed by atoms with Gasteiger partial charge in [-0.1, -0.05) is 18.2 Å². The van der Waals surface area contributed by atoms with Gasteiger partial charge in [0.25, 0.3) is 5.56 Å². The zero-order chi connectivity index (χ0) is 30.3. The maximum absolute atomic E-state index is 13.3. The number of methoxy groups -OCH3 is 1. The molecule has 0 saturated carbocycles. The topological polar surface area (TPSA) is 181 Å². The van der Waals surface area contributed by atoms with E-state index in [1.54, 1.807) is 39.7 Å². The fourth-order valence-corrected chi connectivity index (χ4v) is 7.16. The van der Waals surface area contributed by atoms with Crippen molar-refractivity contribution in [1.82, 2.24) is 24.0 Å². The molecular formula is C25H33N5O10P2. The lowest BCUT2D eigenvalue weighted by Crippen LogP contribution is -2.34. The van der Waals surface area contributed by atoms with Crippen LogP contribution in [0.3, 0.4) is 0 Å². The van der Waals surface area contributed by atoms with E-state index in [9.17, 15) is 28.6 Å². The number of carbonyl (C=O) groups excluding carboxylic acids is 1. The van der Waals surface area contributed by atoms with Crippen molar-refractivity contribution in [2.24, 2.45) is 0 Å². The number of esters is 1. The molecule has 1 aromatic heterocycles. The Balaban J connectivity index is 1.32. The highest BCUT2D eigenvalue weighted by molar-refractivity contribution is 7.54. The summed E-state index contributed by atoms with van der Waals surface area (Å²) in [4.78, 5) is 38.5. The molecule has 0 amide bonds. The van der Waals surface area contributed by atoms with Gasteiger partial charge in [-0.3, -0.25) is 23.7 Å². The van der Waals surface area contributed by atoms with Crippen LogP contribution in [-0.2, 0) is 34.3 Å². The molecule has 228 valence electrons. The van der Waals surface area contributed by atoms with Gasteiger partial charge in [-0.25, -0.2) is 23.3 Å². The van der Waals surface area contributed by atoms with E-state index in [0.29, 0.717) is 26.2 Å². The van der Waals surface area contributed by atoms with E-state index in [1.807, 2.05) is 0 Å². The van der Waals surface area contributed by atoms with Gasteiger partial charge in [0.15, 0.2) is 0 Å². The molecule has 3 heterocycles. The van der Waals surface area contributed by atoms with Gasteiger partial charge < -0.3 is 18.9 Å². The van der Waals surface area contributed by atoms with E-state index in [4.69, 9.17) is 13.6 Å². The Morgan fingerprint density at radius 2 is 1.79 bits per heavy atom. The minimum absolute atomic E-state index is 0.0112. The third kappa shape index (κ3) is 8.65. The highest BCUT2D eigenvalue weighted by atomic mass is 31.2. The summed E-state index contributed by atoms with van der Waals surface area (Å²) in [5.74, 6) is 2.09. The van der Waals surface area contributed by atoms with Crippen molar-refractivity contribution in [2.45, 2.75) is 38.5 Å². The molecule has 3 atom stereocenters. The monoisotopic (exact) mass is 625 g/mol. The smallest absolute Gasteiger partial charge is 0.459 e. The molecule has 4 rings (SSSR count). The van der Waals surface area contributed by atoms with Gasteiger partial charge >= 0.3 is 27.1 Å². The number of hydrogen-bond donors (Lipinski definition) is 3. The number of aryl methyl sites for hydroxylation is 1. The summed E-state index contributed by atoms with van der Waals surface area (Å²) >= 11 is 0. The predicted octanol–water partition coefficient (Wildman–Crippen LogP) is 1.10. The van der Waals surface area contributed by atoms with Crippen molar-refractivity contribution in [3.63, 3.8) is 0 Å². The molecule has 0 aliphatic carbocycles. The molecule has 0 radical (unpaired) electrons. The Labute approximate surface area is 241 Å². The number of benzene rings is 1. The molecule has 3 N–H and O–H groups in total. The van der Waals surface area contributed by atoms with Crippen molar-refractivity contribution < 1.29 is 37.3 Å². The molecule has 1 unspecified atom stereocenters. The maximum Gasteiger partial charge on any atom is 0.459 e. The summed E-state index contributed by atoms with van der Waals surface area (Å²) in [6.07, 6.45) is 2.68. The Morgan fingerprint density at radius 1 is 1.12 bits per heavy atom. The molecule has 15 nitrogen and oxygen atoms in total. The average Bonchev–Trinajstić information content (AvgIpc) is 3.86. The highest BCUT2D eigenvalue weighted by Crippen LogP contribution is 2.60. The lowest BCUT2D eigenvalue weighted by molar-refractivity contribution is -0.142. The van der Waals surface area contributed by atoms with Crippen LogP contribution in [0.1, 0.15) is 25.3 Å². The van der Waals surface area contributed by atoms with Crippen LogP contribution in [0.25, 0.3) is 0 Å². The van der Waals surface area contributed by atoms with Crippen molar-refractivity contribution in [3.05, 3.63) is 62.9 Å². The number of aromatic amines is 1. The first-order valence-corrected chi connectivity index (χ1v) is 16.3. The number of ether oxygens (including phenoxy) is 1. The number of nitrogens with zero attached hydrogens (tertiary/aromatic N) is 3. The summed E-state index contributed by atoms with van der Waals surface area (Å²) in [6.45, 7) is 3.83. The van der Waals surface area contributed by atoms with E-state index >= 15 is 0 Å². The largest absolute Gasteiger partial charge is 0.468 e. The lowest BCUT2D eigenvalue weighted by atomic mass is 10.2. The van der Waals surface area contributed by atoms with Crippen LogP contribution in [0.15, 0.2) is 46.1 Å². The second-order valence-electron chi connectivity index (χ2n) is 9.55. The van der Waals surface area contributed by atoms with Gasteiger partial charge in [0.2, 0.25) is 0 Å². The van der Waals surface area contributed by atoms with Crippen LogP contribution < -0.4 is 20.9 Å². The number of hydrogen-bond acceptors (Lipinski definition) is 10. The number of aliphatic hydroxyl groups excluding tert-OH is 1. The molecule has 1 aromatic carbocycles.